The van der Waals surface area contributed by atoms with Gasteiger partial charge in [0.25, 0.3) is 0 Å². The first-order chi connectivity index (χ1) is 11.4. The first-order valence-corrected chi connectivity index (χ1v) is 8.69. The van der Waals surface area contributed by atoms with Crippen molar-refractivity contribution < 1.29 is 14.6 Å². The van der Waals surface area contributed by atoms with Crippen molar-refractivity contribution in [2.24, 2.45) is 5.41 Å². The highest BCUT2D eigenvalue weighted by molar-refractivity contribution is 5.81. The number of hydrogen-bond donors (Lipinski definition) is 2. The molecule has 1 amide bonds. The zero-order valence-corrected chi connectivity index (χ0v) is 15.0. The SMILES string of the molecule is CC(O)CC(C)(C)CNC(=O)C1CN(Cc2ccccc2)CCO1. The average molecular weight is 334 g/mol. The van der Waals surface area contributed by atoms with Gasteiger partial charge in [0.1, 0.15) is 6.10 Å². The fraction of sp³-hybridized carbons (Fsp3) is 0.632. The summed E-state index contributed by atoms with van der Waals surface area (Å²) in [5, 5.41) is 12.5. The van der Waals surface area contributed by atoms with Gasteiger partial charge in [-0.1, -0.05) is 44.2 Å². The Balaban J connectivity index is 1.82. The third-order valence-corrected chi connectivity index (χ3v) is 4.28. The summed E-state index contributed by atoms with van der Waals surface area (Å²) in [6.45, 7) is 9.25. The molecule has 1 aromatic carbocycles. The van der Waals surface area contributed by atoms with Crippen molar-refractivity contribution in [3.05, 3.63) is 35.9 Å². The van der Waals surface area contributed by atoms with Crippen LogP contribution in [0, 0.1) is 5.41 Å². The molecule has 1 fully saturated rings. The maximum absolute atomic E-state index is 12.4. The first kappa shape index (κ1) is 18.9. The van der Waals surface area contributed by atoms with Crippen LogP contribution in [0.3, 0.4) is 0 Å². The number of nitrogens with one attached hydrogen (secondary N) is 1. The van der Waals surface area contributed by atoms with Gasteiger partial charge in [0, 0.05) is 26.2 Å². The summed E-state index contributed by atoms with van der Waals surface area (Å²) in [5.74, 6) is -0.0635. The molecule has 0 spiro atoms. The lowest BCUT2D eigenvalue weighted by Gasteiger charge is -2.33. The molecule has 5 nitrogen and oxygen atoms in total. The van der Waals surface area contributed by atoms with Crippen molar-refractivity contribution >= 4 is 5.91 Å². The Labute approximate surface area is 145 Å². The highest BCUT2D eigenvalue weighted by atomic mass is 16.5. The standard InChI is InChI=1S/C19H30N2O3/c1-15(22)11-19(2,3)14-20-18(23)17-13-21(9-10-24-17)12-16-7-5-4-6-8-16/h4-8,15,17,22H,9-14H2,1-3H3,(H,20,23). The second-order valence-electron chi connectivity index (χ2n) is 7.52. The van der Waals surface area contributed by atoms with Crippen LogP contribution in [0.2, 0.25) is 0 Å². The van der Waals surface area contributed by atoms with Crippen molar-refractivity contribution in [1.82, 2.24) is 10.2 Å². The summed E-state index contributed by atoms with van der Waals surface area (Å²) in [4.78, 5) is 14.7. The number of amides is 1. The fourth-order valence-corrected chi connectivity index (χ4v) is 3.16. The van der Waals surface area contributed by atoms with Crippen molar-refractivity contribution in [2.75, 3.05) is 26.2 Å². The summed E-state index contributed by atoms with van der Waals surface area (Å²) < 4.78 is 5.65. The molecule has 1 aliphatic rings. The number of rotatable bonds is 7. The van der Waals surface area contributed by atoms with E-state index in [1.165, 1.54) is 5.56 Å². The maximum Gasteiger partial charge on any atom is 0.250 e. The number of nitrogens with zero attached hydrogens (tertiary/aromatic N) is 1. The highest BCUT2D eigenvalue weighted by Gasteiger charge is 2.28. The fourth-order valence-electron chi connectivity index (χ4n) is 3.16. The zero-order chi connectivity index (χ0) is 17.6. The Morgan fingerprint density at radius 3 is 2.79 bits per heavy atom. The summed E-state index contributed by atoms with van der Waals surface area (Å²) in [5.41, 5.74) is 1.11. The second kappa shape index (κ2) is 8.60. The van der Waals surface area contributed by atoms with Crippen LogP contribution in [-0.4, -0.2) is 54.4 Å². The van der Waals surface area contributed by atoms with Gasteiger partial charge in [-0.25, -0.2) is 0 Å². The molecule has 134 valence electrons. The van der Waals surface area contributed by atoms with Gasteiger partial charge in [0.05, 0.1) is 12.7 Å². The number of carbonyl (C=O) groups excluding carboxylic acids is 1. The number of hydrogen-bond acceptors (Lipinski definition) is 4. The van der Waals surface area contributed by atoms with Gasteiger partial charge >= 0.3 is 0 Å². The van der Waals surface area contributed by atoms with E-state index in [-0.39, 0.29) is 17.4 Å². The number of aliphatic hydroxyl groups excluding tert-OH is 1. The predicted molar refractivity (Wildman–Crippen MR) is 94.5 cm³/mol. The molecule has 1 heterocycles. The minimum absolute atomic E-state index is 0.0635. The molecule has 2 rings (SSSR count). The number of morpholine rings is 1. The molecule has 0 saturated carbocycles. The Morgan fingerprint density at radius 2 is 2.12 bits per heavy atom. The van der Waals surface area contributed by atoms with Crippen LogP contribution in [0.1, 0.15) is 32.8 Å². The van der Waals surface area contributed by atoms with Gasteiger partial charge in [-0.15, -0.1) is 0 Å². The van der Waals surface area contributed by atoms with E-state index in [9.17, 15) is 9.90 Å². The zero-order valence-electron chi connectivity index (χ0n) is 15.0. The minimum Gasteiger partial charge on any atom is -0.393 e. The third-order valence-electron chi connectivity index (χ3n) is 4.28. The smallest absolute Gasteiger partial charge is 0.250 e. The topological polar surface area (TPSA) is 61.8 Å². The van der Waals surface area contributed by atoms with E-state index in [4.69, 9.17) is 4.74 Å². The van der Waals surface area contributed by atoms with E-state index in [0.29, 0.717) is 26.1 Å². The van der Waals surface area contributed by atoms with Crippen LogP contribution in [0.25, 0.3) is 0 Å². The first-order valence-electron chi connectivity index (χ1n) is 8.69. The quantitative estimate of drug-likeness (QED) is 0.798. The molecule has 24 heavy (non-hydrogen) atoms. The van der Waals surface area contributed by atoms with Gasteiger partial charge in [0.15, 0.2) is 0 Å². The number of benzene rings is 1. The van der Waals surface area contributed by atoms with Crippen LogP contribution in [0.5, 0.6) is 0 Å². The van der Waals surface area contributed by atoms with E-state index in [1.54, 1.807) is 6.92 Å². The van der Waals surface area contributed by atoms with Crippen LogP contribution in [-0.2, 0) is 16.1 Å². The summed E-state index contributed by atoms with van der Waals surface area (Å²) in [6.07, 6.45) is -0.145. The Hall–Kier alpha value is -1.43. The molecule has 5 heteroatoms. The van der Waals surface area contributed by atoms with Gasteiger partial charge in [-0.2, -0.15) is 0 Å². The molecular weight excluding hydrogens is 304 g/mol. The Kier molecular flexibility index (Phi) is 6.78. The summed E-state index contributed by atoms with van der Waals surface area (Å²) in [7, 11) is 0. The molecule has 0 aromatic heterocycles. The number of ether oxygens (including phenoxy) is 1. The van der Waals surface area contributed by atoms with E-state index < -0.39 is 6.10 Å². The Morgan fingerprint density at radius 1 is 1.42 bits per heavy atom. The van der Waals surface area contributed by atoms with E-state index in [2.05, 4.69) is 22.3 Å². The van der Waals surface area contributed by atoms with Gasteiger partial charge in [-0.3, -0.25) is 9.69 Å². The Bertz CT molecular complexity index is 517. The minimum atomic E-state index is -0.426. The van der Waals surface area contributed by atoms with Gasteiger partial charge < -0.3 is 15.2 Å². The largest absolute Gasteiger partial charge is 0.393 e. The molecule has 1 saturated heterocycles. The molecule has 1 aromatic rings. The van der Waals surface area contributed by atoms with Crippen molar-refractivity contribution in [1.29, 1.82) is 0 Å². The normalized spacial score (nSPS) is 20.6. The van der Waals surface area contributed by atoms with Crippen LogP contribution in [0.4, 0.5) is 0 Å². The van der Waals surface area contributed by atoms with Crippen molar-refractivity contribution in [3.8, 4) is 0 Å². The molecule has 0 bridgehead atoms. The second-order valence-corrected chi connectivity index (χ2v) is 7.52. The lowest BCUT2D eigenvalue weighted by molar-refractivity contribution is -0.139. The number of carbonyl (C=O) groups is 1. The lowest BCUT2D eigenvalue weighted by atomic mass is 9.87. The lowest BCUT2D eigenvalue weighted by Crippen LogP contribution is -2.50. The number of aliphatic hydroxyl groups is 1. The van der Waals surface area contributed by atoms with E-state index >= 15 is 0 Å². The molecule has 1 aliphatic heterocycles. The van der Waals surface area contributed by atoms with Crippen LogP contribution >= 0.6 is 0 Å². The average Bonchev–Trinajstić information content (AvgIpc) is 2.53. The van der Waals surface area contributed by atoms with E-state index in [1.807, 2.05) is 32.0 Å². The third kappa shape index (κ3) is 6.23. The molecule has 2 atom stereocenters. The monoisotopic (exact) mass is 334 g/mol. The van der Waals surface area contributed by atoms with Crippen LogP contribution < -0.4 is 5.32 Å². The molecule has 0 aliphatic carbocycles. The molecule has 2 N–H and O–H groups in total. The van der Waals surface area contributed by atoms with Gasteiger partial charge in [0.2, 0.25) is 5.91 Å². The molecular formula is C19H30N2O3. The summed E-state index contributed by atoms with van der Waals surface area (Å²) >= 11 is 0. The van der Waals surface area contributed by atoms with Gasteiger partial charge in [-0.05, 0) is 24.3 Å². The van der Waals surface area contributed by atoms with E-state index in [0.717, 1.165) is 13.1 Å². The maximum atomic E-state index is 12.4. The highest BCUT2D eigenvalue weighted by Crippen LogP contribution is 2.21. The van der Waals surface area contributed by atoms with Crippen molar-refractivity contribution in [3.63, 3.8) is 0 Å². The summed E-state index contributed by atoms with van der Waals surface area (Å²) in [6, 6.07) is 10.3. The predicted octanol–water partition coefficient (Wildman–Crippen LogP) is 1.80. The van der Waals surface area contributed by atoms with Crippen molar-refractivity contribution in [2.45, 2.75) is 45.9 Å². The molecule has 0 radical (unpaired) electrons. The molecule has 2 unspecified atom stereocenters. The van der Waals surface area contributed by atoms with Crippen LogP contribution in [0.15, 0.2) is 30.3 Å².